The number of nitrogens with zero attached hydrogens (tertiary/aromatic N) is 1. The van der Waals surface area contributed by atoms with Gasteiger partial charge in [0.1, 0.15) is 24.7 Å². The number of fused-ring (bicyclic) bond motifs is 1. The number of carbonyl (C=O) groups excluding carboxylic acids is 3. The first-order valence-electron chi connectivity index (χ1n) is 9.71. The molecule has 0 aliphatic carbocycles. The first-order chi connectivity index (χ1) is 15.5. The molecule has 0 N–H and O–H groups in total. The van der Waals surface area contributed by atoms with E-state index in [-0.39, 0.29) is 34.9 Å². The quantitative estimate of drug-likeness (QED) is 0.301. The summed E-state index contributed by atoms with van der Waals surface area (Å²) in [6.07, 6.45) is 0. The zero-order valence-corrected chi connectivity index (χ0v) is 17.8. The van der Waals surface area contributed by atoms with Gasteiger partial charge in [-0.15, -0.1) is 0 Å². The average molecular weight is 452 g/mol. The lowest BCUT2D eigenvalue weighted by Gasteiger charge is -2.15. The van der Waals surface area contributed by atoms with E-state index in [0.717, 1.165) is 4.90 Å². The van der Waals surface area contributed by atoms with Crippen molar-refractivity contribution in [3.05, 3.63) is 88.4 Å². The van der Waals surface area contributed by atoms with Gasteiger partial charge in [-0.05, 0) is 54.6 Å². The SMILES string of the molecule is COc1ccc(OCCOC(=O)c2ccc3c(c2)C(=O)N(c2ccccc2Cl)C3=O)cc1. The van der Waals surface area contributed by atoms with E-state index < -0.39 is 17.8 Å². The third-order valence-corrected chi connectivity index (χ3v) is 5.18. The molecule has 0 unspecified atom stereocenters. The Morgan fingerprint density at radius 3 is 2.28 bits per heavy atom. The van der Waals surface area contributed by atoms with Crippen molar-refractivity contribution in [1.82, 2.24) is 0 Å². The molecule has 1 heterocycles. The lowest BCUT2D eigenvalue weighted by molar-refractivity contribution is 0.0450. The summed E-state index contributed by atoms with van der Waals surface area (Å²) in [7, 11) is 1.58. The fraction of sp³-hybridized carbons (Fsp3) is 0.125. The molecule has 2 amide bonds. The normalized spacial score (nSPS) is 12.5. The molecule has 0 fully saturated rings. The highest BCUT2D eigenvalue weighted by molar-refractivity contribution is 6.39. The number of esters is 1. The van der Waals surface area contributed by atoms with Crippen LogP contribution >= 0.6 is 11.6 Å². The van der Waals surface area contributed by atoms with Gasteiger partial charge in [0.05, 0.1) is 34.5 Å². The van der Waals surface area contributed by atoms with E-state index >= 15 is 0 Å². The highest BCUT2D eigenvalue weighted by atomic mass is 35.5. The molecule has 8 heteroatoms. The molecule has 0 spiro atoms. The van der Waals surface area contributed by atoms with Crippen LogP contribution in [0.2, 0.25) is 5.02 Å². The van der Waals surface area contributed by atoms with E-state index in [1.165, 1.54) is 18.2 Å². The van der Waals surface area contributed by atoms with Crippen LogP contribution in [0.25, 0.3) is 0 Å². The summed E-state index contributed by atoms with van der Waals surface area (Å²) >= 11 is 6.15. The Hall–Kier alpha value is -3.84. The van der Waals surface area contributed by atoms with Gasteiger partial charge in [0.25, 0.3) is 11.8 Å². The van der Waals surface area contributed by atoms with Gasteiger partial charge in [-0.3, -0.25) is 9.59 Å². The van der Waals surface area contributed by atoms with Crippen LogP contribution in [0.4, 0.5) is 5.69 Å². The fourth-order valence-electron chi connectivity index (χ4n) is 3.27. The number of ether oxygens (including phenoxy) is 3. The van der Waals surface area contributed by atoms with Gasteiger partial charge in [-0.2, -0.15) is 0 Å². The lowest BCUT2D eigenvalue weighted by atomic mass is 10.1. The van der Waals surface area contributed by atoms with Crippen molar-refractivity contribution in [2.45, 2.75) is 0 Å². The topological polar surface area (TPSA) is 82.1 Å². The Labute approximate surface area is 189 Å². The number of anilines is 1. The molecule has 7 nitrogen and oxygen atoms in total. The molecule has 0 saturated carbocycles. The largest absolute Gasteiger partial charge is 0.497 e. The number of methoxy groups -OCH3 is 1. The lowest BCUT2D eigenvalue weighted by Crippen LogP contribution is -2.29. The maximum atomic E-state index is 12.9. The average Bonchev–Trinajstić information content (AvgIpc) is 3.06. The van der Waals surface area contributed by atoms with E-state index in [0.29, 0.717) is 17.2 Å². The molecule has 162 valence electrons. The summed E-state index contributed by atoms with van der Waals surface area (Å²) in [5, 5.41) is 0.276. The second-order valence-corrected chi connectivity index (χ2v) is 7.22. The summed E-state index contributed by atoms with van der Waals surface area (Å²) < 4.78 is 15.8. The highest BCUT2D eigenvalue weighted by Gasteiger charge is 2.38. The number of hydrogen-bond acceptors (Lipinski definition) is 6. The highest BCUT2D eigenvalue weighted by Crippen LogP contribution is 2.33. The van der Waals surface area contributed by atoms with Crippen molar-refractivity contribution in [2.75, 3.05) is 25.2 Å². The van der Waals surface area contributed by atoms with E-state index in [1.807, 2.05) is 0 Å². The summed E-state index contributed by atoms with van der Waals surface area (Å²) in [6, 6.07) is 17.8. The van der Waals surface area contributed by atoms with Crippen LogP contribution in [-0.4, -0.2) is 38.1 Å². The second-order valence-electron chi connectivity index (χ2n) is 6.82. The van der Waals surface area contributed by atoms with Crippen molar-refractivity contribution in [3.63, 3.8) is 0 Å². The van der Waals surface area contributed by atoms with Gasteiger partial charge in [-0.25, -0.2) is 9.69 Å². The number of halogens is 1. The maximum absolute atomic E-state index is 12.9. The molecule has 1 aliphatic heterocycles. The summed E-state index contributed by atoms with van der Waals surface area (Å²) in [5.41, 5.74) is 0.781. The maximum Gasteiger partial charge on any atom is 0.338 e. The monoisotopic (exact) mass is 451 g/mol. The van der Waals surface area contributed by atoms with Crippen molar-refractivity contribution in [2.24, 2.45) is 0 Å². The molecule has 0 aromatic heterocycles. The first kappa shape index (κ1) is 21.4. The fourth-order valence-corrected chi connectivity index (χ4v) is 3.49. The van der Waals surface area contributed by atoms with Crippen molar-refractivity contribution < 1.29 is 28.6 Å². The third kappa shape index (κ3) is 4.15. The van der Waals surface area contributed by atoms with E-state index in [4.69, 9.17) is 25.8 Å². The van der Waals surface area contributed by atoms with Crippen LogP contribution in [0.15, 0.2) is 66.7 Å². The van der Waals surface area contributed by atoms with Crippen LogP contribution in [0, 0.1) is 0 Å². The second kappa shape index (κ2) is 9.11. The molecule has 0 radical (unpaired) electrons. The molecule has 3 aromatic carbocycles. The van der Waals surface area contributed by atoms with Crippen molar-refractivity contribution in [1.29, 1.82) is 0 Å². The molecular formula is C24H18ClNO6. The molecule has 32 heavy (non-hydrogen) atoms. The Morgan fingerprint density at radius 1 is 0.875 bits per heavy atom. The number of rotatable bonds is 7. The summed E-state index contributed by atoms with van der Waals surface area (Å²) in [6.45, 7) is 0.168. The zero-order valence-electron chi connectivity index (χ0n) is 17.0. The molecule has 4 rings (SSSR count). The summed E-state index contributed by atoms with van der Waals surface area (Å²) in [5.74, 6) is -0.339. The Balaban J connectivity index is 1.40. The third-order valence-electron chi connectivity index (χ3n) is 4.86. The number of imide groups is 1. The van der Waals surface area contributed by atoms with Gasteiger partial charge in [-0.1, -0.05) is 23.7 Å². The van der Waals surface area contributed by atoms with Crippen molar-refractivity contribution >= 4 is 35.1 Å². The molecule has 0 bridgehead atoms. The minimum Gasteiger partial charge on any atom is -0.497 e. The number of carbonyl (C=O) groups is 3. The predicted molar refractivity (Wildman–Crippen MR) is 118 cm³/mol. The number of hydrogen-bond donors (Lipinski definition) is 0. The minimum atomic E-state index is -0.623. The van der Waals surface area contributed by atoms with Gasteiger partial charge in [0, 0.05) is 0 Å². The molecular weight excluding hydrogens is 434 g/mol. The zero-order chi connectivity index (χ0) is 22.7. The number of amides is 2. The molecule has 0 atom stereocenters. The smallest absolute Gasteiger partial charge is 0.338 e. The van der Waals surface area contributed by atoms with E-state index in [2.05, 4.69) is 0 Å². The van der Waals surface area contributed by atoms with Crippen LogP contribution in [0.3, 0.4) is 0 Å². The van der Waals surface area contributed by atoms with E-state index in [9.17, 15) is 14.4 Å². The number of para-hydroxylation sites is 1. The molecule has 3 aromatic rings. The van der Waals surface area contributed by atoms with Crippen LogP contribution < -0.4 is 14.4 Å². The minimum absolute atomic E-state index is 0.0145. The van der Waals surface area contributed by atoms with Gasteiger partial charge < -0.3 is 14.2 Å². The van der Waals surface area contributed by atoms with Crippen LogP contribution in [-0.2, 0) is 4.74 Å². The number of benzene rings is 3. The first-order valence-corrected chi connectivity index (χ1v) is 10.1. The van der Waals surface area contributed by atoms with Crippen LogP contribution in [0.1, 0.15) is 31.1 Å². The predicted octanol–water partition coefficient (Wildman–Crippen LogP) is 4.39. The summed E-state index contributed by atoms with van der Waals surface area (Å²) in [4.78, 5) is 39.0. The van der Waals surface area contributed by atoms with Gasteiger partial charge in [0.15, 0.2) is 0 Å². The van der Waals surface area contributed by atoms with Crippen molar-refractivity contribution in [3.8, 4) is 11.5 Å². The Bertz CT molecular complexity index is 1190. The standard InChI is InChI=1S/C24H18ClNO6/c1-30-16-7-9-17(10-8-16)31-12-13-32-24(29)15-6-11-18-19(14-15)23(28)26(22(18)27)21-5-3-2-4-20(21)25/h2-11,14H,12-13H2,1H3. The van der Waals surface area contributed by atoms with E-state index in [1.54, 1.807) is 55.6 Å². The van der Waals surface area contributed by atoms with Gasteiger partial charge in [0.2, 0.25) is 0 Å². The molecule has 0 saturated heterocycles. The van der Waals surface area contributed by atoms with Gasteiger partial charge >= 0.3 is 5.97 Å². The molecule has 1 aliphatic rings. The Morgan fingerprint density at radius 2 is 1.56 bits per heavy atom. The Kier molecular flexibility index (Phi) is 6.09. The van der Waals surface area contributed by atoms with Crippen LogP contribution in [0.5, 0.6) is 11.5 Å².